The number of thiol groups is 1. The summed E-state index contributed by atoms with van der Waals surface area (Å²) in [5, 5.41) is 0. The minimum Gasteiger partial charge on any atom is -0.317 e. The molecule has 128 valence electrons. The van der Waals surface area contributed by atoms with Crippen LogP contribution < -0.4 is 5.56 Å². The van der Waals surface area contributed by atoms with Crippen molar-refractivity contribution in [2.45, 2.75) is 71.1 Å². The fraction of sp³-hybridized carbons (Fsp3) is 0.611. The quantitative estimate of drug-likeness (QED) is 0.610. The van der Waals surface area contributed by atoms with Crippen molar-refractivity contribution in [2.75, 3.05) is 0 Å². The van der Waals surface area contributed by atoms with E-state index in [1.165, 1.54) is 10.8 Å². The second-order valence-corrected chi connectivity index (χ2v) is 10.4. The Balaban J connectivity index is 3.00. The lowest BCUT2D eigenvalue weighted by Gasteiger charge is -2.33. The summed E-state index contributed by atoms with van der Waals surface area (Å²) in [5.41, 5.74) is 2.55. The summed E-state index contributed by atoms with van der Waals surface area (Å²) in [6.45, 7) is 16.9. The zero-order valence-electron chi connectivity index (χ0n) is 15.4. The average molecular weight is 353 g/mol. The summed E-state index contributed by atoms with van der Waals surface area (Å²) in [6, 6.07) is 2.06. The number of rotatable bonds is 2. The van der Waals surface area contributed by atoms with Crippen molar-refractivity contribution in [3.8, 4) is 0 Å². The lowest BCUT2D eigenvalue weighted by atomic mass is 9.88. The van der Waals surface area contributed by atoms with Gasteiger partial charge in [0.25, 0.3) is 5.56 Å². The molecule has 0 saturated carbocycles. The maximum absolute atomic E-state index is 13.4. The van der Waals surface area contributed by atoms with Gasteiger partial charge in [0.15, 0.2) is 0 Å². The molecule has 2 aromatic heterocycles. The van der Waals surface area contributed by atoms with Crippen LogP contribution in [0, 0.1) is 0 Å². The van der Waals surface area contributed by atoms with Crippen LogP contribution >= 0.6 is 22.5 Å². The topological polar surface area (TPSA) is 26.4 Å². The molecule has 2 heterocycles. The predicted molar refractivity (Wildman–Crippen MR) is 105 cm³/mol. The van der Waals surface area contributed by atoms with Crippen LogP contribution in [0.3, 0.4) is 0 Å². The molecule has 0 N–H and O–H groups in total. The molecule has 0 spiro atoms. The summed E-state index contributed by atoms with van der Waals surface area (Å²) in [5.74, 6) is 0. The molecule has 0 atom stereocenters. The Kier molecular flexibility index (Phi) is 4.53. The van der Waals surface area contributed by atoms with Crippen LogP contribution in [0.4, 0.5) is 0 Å². The van der Waals surface area contributed by atoms with E-state index in [4.69, 9.17) is 0 Å². The van der Waals surface area contributed by atoms with Crippen LogP contribution in [0.15, 0.2) is 23.3 Å². The highest BCUT2D eigenvalue weighted by molar-refractivity contribution is 8.68. The number of aromatic nitrogens is 2. The molecule has 0 radical (unpaired) electrons. The first-order chi connectivity index (χ1) is 10.3. The van der Waals surface area contributed by atoms with Crippen LogP contribution in [0.25, 0.3) is 5.52 Å². The summed E-state index contributed by atoms with van der Waals surface area (Å²) in [4.78, 5) is 13.4. The number of hydrogen-bond donors (Lipinski definition) is 1. The fourth-order valence-corrected chi connectivity index (χ4v) is 3.45. The molecule has 0 bridgehead atoms. The van der Waals surface area contributed by atoms with Gasteiger partial charge < -0.3 is 8.97 Å². The third-order valence-corrected chi connectivity index (χ3v) is 6.18. The first-order valence-corrected chi connectivity index (χ1v) is 9.78. The Morgan fingerprint density at radius 3 is 2.04 bits per heavy atom. The number of fused-ring (bicyclic) bond motifs is 1. The van der Waals surface area contributed by atoms with Gasteiger partial charge in [-0.3, -0.25) is 4.79 Å². The van der Waals surface area contributed by atoms with Crippen molar-refractivity contribution in [1.29, 1.82) is 0 Å². The van der Waals surface area contributed by atoms with Gasteiger partial charge in [-0.25, -0.2) is 0 Å². The zero-order chi connectivity index (χ0) is 17.8. The molecule has 0 aliphatic heterocycles. The van der Waals surface area contributed by atoms with Gasteiger partial charge in [-0.2, -0.15) is 0 Å². The smallest absolute Gasteiger partial charge is 0.275 e. The van der Waals surface area contributed by atoms with E-state index >= 15 is 0 Å². The summed E-state index contributed by atoms with van der Waals surface area (Å²) < 4.78 is 3.64. The van der Waals surface area contributed by atoms with E-state index in [2.05, 4.69) is 79.3 Å². The van der Waals surface area contributed by atoms with Gasteiger partial charge in [-0.05, 0) is 51.7 Å². The highest BCUT2D eigenvalue weighted by Gasteiger charge is 2.32. The Hall–Kier alpha value is -0.810. The van der Waals surface area contributed by atoms with E-state index in [1.807, 2.05) is 15.2 Å². The van der Waals surface area contributed by atoms with Crippen molar-refractivity contribution in [1.82, 2.24) is 8.97 Å². The van der Waals surface area contributed by atoms with Gasteiger partial charge in [0.05, 0.1) is 10.4 Å². The molecule has 0 unspecified atom stereocenters. The van der Waals surface area contributed by atoms with Gasteiger partial charge in [0.2, 0.25) is 0 Å². The standard InChI is InChI=1S/C18H28N2OS2/c1-16(2,3)12-9-10-19-11-13(18(7,8)23-22)20(17(4,5)6)15(21)14(12)19/h9-11,22H,1-8H3. The van der Waals surface area contributed by atoms with Crippen LogP contribution in [0.2, 0.25) is 0 Å². The summed E-state index contributed by atoms with van der Waals surface area (Å²) in [7, 11) is 1.46. The molecular formula is C18H28N2OS2. The average Bonchev–Trinajstić information content (AvgIpc) is 2.81. The highest BCUT2D eigenvalue weighted by atomic mass is 33.1. The first-order valence-electron chi connectivity index (χ1n) is 7.91. The van der Waals surface area contributed by atoms with Crippen molar-refractivity contribution < 1.29 is 0 Å². The molecule has 0 amide bonds. The Labute approximate surface area is 148 Å². The summed E-state index contributed by atoms with van der Waals surface area (Å²) >= 11 is 4.43. The maximum atomic E-state index is 13.4. The van der Waals surface area contributed by atoms with Gasteiger partial charge in [0, 0.05) is 17.9 Å². The SMILES string of the molecule is CC(C)(C)c1ccn2cc(C(C)(C)SS)n(C(C)(C)C)c(=O)c12. The molecule has 0 aliphatic carbocycles. The predicted octanol–water partition coefficient (Wildman–Crippen LogP) is 4.97. The number of hydrogen-bond acceptors (Lipinski definition) is 3. The van der Waals surface area contributed by atoms with Crippen LogP contribution in [0.1, 0.15) is 66.6 Å². The van der Waals surface area contributed by atoms with Crippen molar-refractivity contribution in [2.24, 2.45) is 0 Å². The molecule has 3 nitrogen and oxygen atoms in total. The van der Waals surface area contributed by atoms with Gasteiger partial charge in [-0.1, -0.05) is 31.6 Å². The molecule has 0 fully saturated rings. The molecule has 2 aromatic rings. The molecule has 23 heavy (non-hydrogen) atoms. The molecular weight excluding hydrogens is 324 g/mol. The van der Waals surface area contributed by atoms with E-state index in [9.17, 15) is 4.79 Å². The minimum absolute atomic E-state index is 0.0698. The minimum atomic E-state index is -0.297. The van der Waals surface area contributed by atoms with Gasteiger partial charge in [0.1, 0.15) is 5.52 Å². The van der Waals surface area contributed by atoms with E-state index in [0.29, 0.717) is 0 Å². The first kappa shape index (κ1) is 18.5. The lowest BCUT2D eigenvalue weighted by Crippen LogP contribution is -2.40. The maximum Gasteiger partial charge on any atom is 0.275 e. The van der Waals surface area contributed by atoms with Crippen LogP contribution in [-0.4, -0.2) is 8.97 Å². The summed E-state index contributed by atoms with van der Waals surface area (Å²) in [6.07, 6.45) is 4.08. The van der Waals surface area contributed by atoms with E-state index < -0.39 is 0 Å². The molecule has 0 aromatic carbocycles. The molecule has 0 aliphatic rings. The molecule has 2 rings (SSSR count). The Morgan fingerprint density at radius 1 is 1.04 bits per heavy atom. The highest BCUT2D eigenvalue weighted by Crippen LogP contribution is 2.39. The largest absolute Gasteiger partial charge is 0.317 e. The third kappa shape index (κ3) is 3.22. The van der Waals surface area contributed by atoms with Gasteiger partial charge >= 0.3 is 0 Å². The third-order valence-electron chi connectivity index (χ3n) is 4.15. The van der Waals surface area contributed by atoms with Crippen molar-refractivity contribution in [3.05, 3.63) is 40.1 Å². The second kappa shape index (κ2) is 5.62. The Bertz CT molecular complexity index is 786. The number of nitrogens with zero attached hydrogens (tertiary/aromatic N) is 2. The van der Waals surface area contributed by atoms with E-state index in [1.54, 1.807) is 0 Å². The van der Waals surface area contributed by atoms with E-state index in [0.717, 1.165) is 16.8 Å². The lowest BCUT2D eigenvalue weighted by molar-refractivity contribution is 0.360. The fourth-order valence-electron chi connectivity index (χ4n) is 2.93. The Morgan fingerprint density at radius 2 is 1.61 bits per heavy atom. The normalized spacial score (nSPS) is 13.8. The molecule has 5 heteroatoms. The second-order valence-electron chi connectivity index (χ2n) is 8.66. The van der Waals surface area contributed by atoms with Crippen LogP contribution in [-0.2, 0) is 15.7 Å². The monoisotopic (exact) mass is 352 g/mol. The van der Waals surface area contributed by atoms with Crippen LogP contribution in [0.5, 0.6) is 0 Å². The van der Waals surface area contributed by atoms with Crippen molar-refractivity contribution in [3.63, 3.8) is 0 Å². The molecule has 0 saturated heterocycles. The van der Waals surface area contributed by atoms with Crippen molar-refractivity contribution >= 4 is 28.0 Å². The van der Waals surface area contributed by atoms with E-state index in [-0.39, 0.29) is 21.3 Å². The zero-order valence-corrected chi connectivity index (χ0v) is 17.1. The van der Waals surface area contributed by atoms with Gasteiger partial charge in [-0.15, -0.1) is 11.7 Å².